The monoisotopic (exact) mass is 349 g/mol. The largest absolute Gasteiger partial charge is 0.341 e. The molecule has 7 nitrogen and oxygen atoms in total. The van der Waals surface area contributed by atoms with Crippen LogP contribution in [0.25, 0.3) is 0 Å². The summed E-state index contributed by atoms with van der Waals surface area (Å²) in [6.07, 6.45) is 0. The molecule has 0 unspecified atom stereocenters. The summed E-state index contributed by atoms with van der Waals surface area (Å²) in [5, 5.41) is 15.4. The van der Waals surface area contributed by atoms with E-state index in [1.54, 1.807) is 0 Å². The van der Waals surface area contributed by atoms with Gasteiger partial charge < -0.3 is 10.6 Å². The van der Waals surface area contributed by atoms with Crippen molar-refractivity contribution in [3.63, 3.8) is 0 Å². The molecule has 25 heavy (non-hydrogen) atoms. The van der Waals surface area contributed by atoms with Crippen LogP contribution in [0.4, 0.5) is 20.2 Å². The molecule has 2 aromatic carbocycles. The van der Waals surface area contributed by atoms with Crippen LogP contribution in [0, 0.1) is 21.7 Å². The minimum Gasteiger partial charge on any atom is -0.341 e. The van der Waals surface area contributed by atoms with E-state index in [0.29, 0.717) is 0 Å². The maximum atomic E-state index is 13.1. The van der Waals surface area contributed by atoms with E-state index in [1.807, 2.05) is 0 Å². The van der Waals surface area contributed by atoms with Gasteiger partial charge in [0.25, 0.3) is 11.6 Å². The standard InChI is InChI=1S/C16H13F2N3O4/c1-9(15(22)20-11-5-6-13(17)14(18)8-11)19-16(23)10-3-2-4-12(7-10)21(24)25/h2-9H,1H3,(H,19,23)(H,20,22)/t9-/m0/s1. The van der Waals surface area contributed by atoms with E-state index in [2.05, 4.69) is 10.6 Å². The van der Waals surface area contributed by atoms with E-state index < -0.39 is 34.4 Å². The van der Waals surface area contributed by atoms with Gasteiger partial charge in [0, 0.05) is 29.4 Å². The fourth-order valence-electron chi connectivity index (χ4n) is 1.93. The van der Waals surface area contributed by atoms with E-state index in [1.165, 1.54) is 31.2 Å². The first-order chi connectivity index (χ1) is 11.8. The van der Waals surface area contributed by atoms with Gasteiger partial charge in [-0.15, -0.1) is 0 Å². The first-order valence-electron chi connectivity index (χ1n) is 7.09. The van der Waals surface area contributed by atoms with Crippen LogP contribution in [-0.2, 0) is 4.79 Å². The second-order valence-electron chi connectivity index (χ2n) is 5.12. The lowest BCUT2D eigenvalue weighted by Crippen LogP contribution is -2.41. The second-order valence-corrected chi connectivity index (χ2v) is 5.12. The number of carbonyl (C=O) groups is 2. The topological polar surface area (TPSA) is 101 Å². The zero-order chi connectivity index (χ0) is 18.6. The van der Waals surface area contributed by atoms with Crippen LogP contribution in [0.3, 0.4) is 0 Å². The Balaban J connectivity index is 2.02. The molecular weight excluding hydrogens is 336 g/mol. The number of amides is 2. The molecular formula is C16H13F2N3O4. The fourth-order valence-corrected chi connectivity index (χ4v) is 1.93. The van der Waals surface area contributed by atoms with Crippen LogP contribution in [0.15, 0.2) is 42.5 Å². The summed E-state index contributed by atoms with van der Waals surface area (Å²) >= 11 is 0. The van der Waals surface area contributed by atoms with E-state index in [9.17, 15) is 28.5 Å². The van der Waals surface area contributed by atoms with Gasteiger partial charge in [0.15, 0.2) is 11.6 Å². The number of nitrogens with one attached hydrogen (secondary N) is 2. The number of rotatable bonds is 5. The second kappa shape index (κ2) is 7.47. The first-order valence-corrected chi connectivity index (χ1v) is 7.09. The third-order valence-electron chi connectivity index (χ3n) is 3.25. The summed E-state index contributed by atoms with van der Waals surface area (Å²) in [6, 6.07) is 6.84. The third-order valence-corrected chi connectivity index (χ3v) is 3.25. The average molecular weight is 349 g/mol. The Kier molecular flexibility index (Phi) is 5.38. The molecule has 0 saturated carbocycles. The highest BCUT2D eigenvalue weighted by molar-refractivity contribution is 6.01. The summed E-state index contributed by atoms with van der Waals surface area (Å²) < 4.78 is 26.0. The third kappa shape index (κ3) is 4.56. The summed E-state index contributed by atoms with van der Waals surface area (Å²) in [6.45, 7) is 1.38. The van der Waals surface area contributed by atoms with Gasteiger partial charge in [0.2, 0.25) is 5.91 Å². The highest BCUT2D eigenvalue weighted by Crippen LogP contribution is 2.14. The number of non-ortho nitro benzene ring substituents is 1. The summed E-state index contributed by atoms with van der Waals surface area (Å²) in [5.41, 5.74) is -0.214. The molecule has 130 valence electrons. The predicted molar refractivity (Wildman–Crippen MR) is 85.0 cm³/mol. The van der Waals surface area contributed by atoms with Crippen LogP contribution in [0.2, 0.25) is 0 Å². The molecule has 0 heterocycles. The number of hydrogen-bond donors (Lipinski definition) is 2. The van der Waals surface area contributed by atoms with Crippen molar-refractivity contribution in [1.29, 1.82) is 0 Å². The van der Waals surface area contributed by atoms with Gasteiger partial charge in [0.1, 0.15) is 6.04 Å². The number of nitro groups is 1. The summed E-state index contributed by atoms with van der Waals surface area (Å²) in [7, 11) is 0. The number of carbonyl (C=O) groups excluding carboxylic acids is 2. The molecule has 9 heteroatoms. The molecule has 0 saturated heterocycles. The number of nitrogens with zero attached hydrogens (tertiary/aromatic N) is 1. The van der Waals surface area contributed by atoms with E-state index >= 15 is 0 Å². The van der Waals surface area contributed by atoms with E-state index in [0.717, 1.165) is 18.2 Å². The number of nitro benzene ring substituents is 1. The number of hydrogen-bond acceptors (Lipinski definition) is 4. The molecule has 0 aliphatic heterocycles. The maximum absolute atomic E-state index is 13.1. The van der Waals surface area contributed by atoms with Crippen LogP contribution in [-0.4, -0.2) is 22.8 Å². The van der Waals surface area contributed by atoms with Gasteiger partial charge in [-0.1, -0.05) is 6.07 Å². The van der Waals surface area contributed by atoms with Gasteiger partial charge in [-0.2, -0.15) is 0 Å². The lowest BCUT2D eigenvalue weighted by molar-refractivity contribution is -0.384. The Labute approximate surface area is 140 Å². The summed E-state index contributed by atoms with van der Waals surface area (Å²) in [5.74, 6) is -3.52. The van der Waals surface area contributed by atoms with E-state index in [-0.39, 0.29) is 16.9 Å². The highest BCUT2D eigenvalue weighted by Gasteiger charge is 2.18. The maximum Gasteiger partial charge on any atom is 0.270 e. The van der Waals surface area contributed by atoms with Gasteiger partial charge in [0.05, 0.1) is 4.92 Å². The van der Waals surface area contributed by atoms with Crippen molar-refractivity contribution in [2.75, 3.05) is 5.32 Å². The highest BCUT2D eigenvalue weighted by atomic mass is 19.2. The quantitative estimate of drug-likeness (QED) is 0.640. The Morgan fingerprint density at radius 3 is 2.48 bits per heavy atom. The van der Waals surface area contributed by atoms with Crippen molar-refractivity contribution in [3.8, 4) is 0 Å². The lowest BCUT2D eigenvalue weighted by atomic mass is 10.1. The molecule has 2 amide bonds. The van der Waals surface area contributed by atoms with Crippen molar-refractivity contribution in [1.82, 2.24) is 5.32 Å². The molecule has 2 rings (SSSR count). The fraction of sp³-hybridized carbons (Fsp3) is 0.125. The number of benzene rings is 2. The molecule has 2 N–H and O–H groups in total. The van der Waals surface area contributed by atoms with Gasteiger partial charge >= 0.3 is 0 Å². The molecule has 0 aliphatic carbocycles. The Morgan fingerprint density at radius 2 is 1.84 bits per heavy atom. The minimum absolute atomic E-state index is 0.0154. The molecule has 0 spiro atoms. The van der Waals surface area contributed by atoms with Crippen molar-refractivity contribution in [3.05, 3.63) is 69.8 Å². The SMILES string of the molecule is C[C@H](NC(=O)c1cccc([N+](=O)[O-])c1)C(=O)Nc1ccc(F)c(F)c1. The molecule has 0 aromatic heterocycles. The van der Waals surface area contributed by atoms with Crippen LogP contribution in [0.1, 0.15) is 17.3 Å². The van der Waals surface area contributed by atoms with Crippen molar-refractivity contribution >= 4 is 23.2 Å². The van der Waals surface area contributed by atoms with Crippen molar-refractivity contribution < 1.29 is 23.3 Å². The van der Waals surface area contributed by atoms with Gasteiger partial charge in [-0.3, -0.25) is 19.7 Å². The first kappa shape index (κ1) is 18.0. The molecule has 1 atom stereocenters. The van der Waals surface area contributed by atoms with Crippen LogP contribution < -0.4 is 10.6 Å². The normalized spacial score (nSPS) is 11.5. The van der Waals surface area contributed by atoms with Crippen molar-refractivity contribution in [2.24, 2.45) is 0 Å². The van der Waals surface area contributed by atoms with Gasteiger partial charge in [-0.05, 0) is 25.1 Å². The molecule has 0 aliphatic rings. The summed E-state index contributed by atoms with van der Waals surface area (Å²) in [4.78, 5) is 34.1. The number of anilines is 1. The Hall–Kier alpha value is -3.36. The minimum atomic E-state index is -1.12. The van der Waals surface area contributed by atoms with Crippen LogP contribution in [0.5, 0.6) is 0 Å². The zero-order valence-electron chi connectivity index (χ0n) is 13.0. The smallest absolute Gasteiger partial charge is 0.270 e. The Morgan fingerprint density at radius 1 is 1.12 bits per heavy atom. The van der Waals surface area contributed by atoms with Crippen molar-refractivity contribution in [2.45, 2.75) is 13.0 Å². The van der Waals surface area contributed by atoms with Gasteiger partial charge in [-0.25, -0.2) is 8.78 Å². The molecule has 0 fully saturated rings. The van der Waals surface area contributed by atoms with Crippen LogP contribution >= 0.6 is 0 Å². The molecule has 0 bridgehead atoms. The lowest BCUT2D eigenvalue weighted by Gasteiger charge is -2.14. The molecule has 0 radical (unpaired) electrons. The molecule has 2 aromatic rings. The van der Waals surface area contributed by atoms with E-state index in [4.69, 9.17) is 0 Å². The number of halogens is 2. The zero-order valence-corrected chi connectivity index (χ0v) is 13.0. The Bertz CT molecular complexity index is 842. The average Bonchev–Trinajstić information content (AvgIpc) is 2.58. The predicted octanol–water partition coefficient (Wildman–Crippen LogP) is 2.63.